The zero-order valence-corrected chi connectivity index (χ0v) is 10.8. The first-order chi connectivity index (χ1) is 8.74. The van der Waals surface area contributed by atoms with E-state index in [0.717, 1.165) is 35.7 Å². The summed E-state index contributed by atoms with van der Waals surface area (Å²) in [6, 6.07) is 7.86. The molecule has 4 heteroatoms. The van der Waals surface area contributed by atoms with E-state index in [1.807, 2.05) is 30.5 Å². The number of imidazole rings is 1. The maximum absolute atomic E-state index is 6.03. The average Bonchev–Trinajstić information content (AvgIpc) is 2.89. The Bertz CT molecular complexity index is 490. The van der Waals surface area contributed by atoms with Gasteiger partial charge in [-0.3, -0.25) is 0 Å². The Labute approximate surface area is 107 Å². The summed E-state index contributed by atoms with van der Waals surface area (Å²) >= 11 is 0. The highest BCUT2D eigenvalue weighted by Gasteiger charge is 2.10. The minimum Gasteiger partial charge on any atom is -0.497 e. The Hall–Kier alpha value is -1.81. The van der Waals surface area contributed by atoms with E-state index >= 15 is 0 Å². The lowest BCUT2D eigenvalue weighted by Crippen LogP contribution is -2.11. The van der Waals surface area contributed by atoms with Gasteiger partial charge >= 0.3 is 0 Å². The van der Waals surface area contributed by atoms with Crippen molar-refractivity contribution in [3.8, 4) is 17.0 Å². The van der Waals surface area contributed by atoms with Crippen molar-refractivity contribution in [3.63, 3.8) is 0 Å². The molecule has 1 aromatic carbocycles. The van der Waals surface area contributed by atoms with Crippen LogP contribution in [0.4, 0.5) is 0 Å². The highest BCUT2D eigenvalue weighted by atomic mass is 16.5. The van der Waals surface area contributed by atoms with Crippen LogP contribution in [0, 0.1) is 0 Å². The van der Waals surface area contributed by atoms with Crippen LogP contribution in [0.2, 0.25) is 0 Å². The minimum atomic E-state index is -0.0120. The molecule has 0 spiro atoms. The molecule has 2 rings (SSSR count). The first kappa shape index (κ1) is 12.6. The van der Waals surface area contributed by atoms with Gasteiger partial charge in [0.15, 0.2) is 0 Å². The lowest BCUT2D eigenvalue weighted by Gasteiger charge is -2.06. The predicted molar refractivity (Wildman–Crippen MR) is 72.4 cm³/mol. The molecular formula is C14H19N3O. The third-order valence-corrected chi connectivity index (χ3v) is 2.95. The Balaban J connectivity index is 2.18. The first-order valence-electron chi connectivity index (χ1n) is 6.19. The molecule has 2 aromatic rings. The maximum Gasteiger partial charge on any atom is 0.123 e. The van der Waals surface area contributed by atoms with Crippen LogP contribution in [0.3, 0.4) is 0 Å². The topological polar surface area (TPSA) is 63.9 Å². The van der Waals surface area contributed by atoms with E-state index in [9.17, 15) is 0 Å². The summed E-state index contributed by atoms with van der Waals surface area (Å²) < 4.78 is 5.13. The van der Waals surface area contributed by atoms with Crippen molar-refractivity contribution in [2.45, 2.75) is 25.8 Å². The molecular weight excluding hydrogens is 226 g/mol. The SMILES string of the molecule is CCCC(N)c1ncc(-c2ccc(OC)cc2)[nH]1. The van der Waals surface area contributed by atoms with Gasteiger partial charge < -0.3 is 15.5 Å². The van der Waals surface area contributed by atoms with Gasteiger partial charge in [0.25, 0.3) is 0 Å². The molecule has 0 aliphatic heterocycles. The number of aromatic amines is 1. The summed E-state index contributed by atoms with van der Waals surface area (Å²) in [5.74, 6) is 1.70. The van der Waals surface area contributed by atoms with Crippen molar-refractivity contribution in [3.05, 3.63) is 36.3 Å². The molecule has 0 bridgehead atoms. The average molecular weight is 245 g/mol. The molecule has 0 radical (unpaired) electrons. The van der Waals surface area contributed by atoms with Crippen molar-refractivity contribution in [1.29, 1.82) is 0 Å². The van der Waals surface area contributed by atoms with E-state index in [-0.39, 0.29) is 6.04 Å². The molecule has 0 fully saturated rings. The Morgan fingerprint density at radius 3 is 2.67 bits per heavy atom. The van der Waals surface area contributed by atoms with E-state index in [0.29, 0.717) is 0 Å². The van der Waals surface area contributed by atoms with Gasteiger partial charge in [-0.15, -0.1) is 0 Å². The highest BCUT2D eigenvalue weighted by Crippen LogP contribution is 2.22. The summed E-state index contributed by atoms with van der Waals surface area (Å²) in [5, 5.41) is 0. The van der Waals surface area contributed by atoms with E-state index in [1.165, 1.54) is 0 Å². The number of rotatable bonds is 5. The van der Waals surface area contributed by atoms with Gasteiger partial charge in [0, 0.05) is 0 Å². The molecule has 3 N–H and O–H groups in total. The third kappa shape index (κ3) is 2.71. The van der Waals surface area contributed by atoms with Gasteiger partial charge in [0.1, 0.15) is 11.6 Å². The molecule has 1 aromatic heterocycles. The molecule has 0 saturated carbocycles. The number of aromatic nitrogens is 2. The van der Waals surface area contributed by atoms with Crippen molar-refractivity contribution >= 4 is 0 Å². The Kier molecular flexibility index (Phi) is 3.99. The number of nitrogens with two attached hydrogens (primary N) is 1. The van der Waals surface area contributed by atoms with Crippen molar-refractivity contribution in [2.75, 3.05) is 7.11 Å². The summed E-state index contributed by atoms with van der Waals surface area (Å²) in [6.07, 6.45) is 3.82. The van der Waals surface area contributed by atoms with Gasteiger partial charge in [-0.25, -0.2) is 4.98 Å². The van der Waals surface area contributed by atoms with Gasteiger partial charge in [-0.1, -0.05) is 13.3 Å². The molecule has 1 unspecified atom stereocenters. The maximum atomic E-state index is 6.03. The molecule has 0 amide bonds. The van der Waals surface area contributed by atoms with Gasteiger partial charge in [0.05, 0.1) is 25.0 Å². The number of benzene rings is 1. The lowest BCUT2D eigenvalue weighted by atomic mass is 10.1. The van der Waals surface area contributed by atoms with E-state index < -0.39 is 0 Å². The predicted octanol–water partition coefficient (Wildman–Crippen LogP) is 2.89. The lowest BCUT2D eigenvalue weighted by molar-refractivity contribution is 0.415. The molecule has 0 saturated heterocycles. The summed E-state index contributed by atoms with van der Waals surface area (Å²) in [5.41, 5.74) is 8.10. The number of nitrogens with zero attached hydrogens (tertiary/aromatic N) is 1. The number of ether oxygens (including phenoxy) is 1. The molecule has 96 valence electrons. The Morgan fingerprint density at radius 1 is 1.33 bits per heavy atom. The number of methoxy groups -OCH3 is 1. The van der Waals surface area contributed by atoms with Crippen LogP contribution in [0.5, 0.6) is 5.75 Å². The standard InChI is InChI=1S/C14H19N3O/c1-3-4-12(15)14-16-9-13(17-14)10-5-7-11(18-2)8-6-10/h5-9,12H,3-4,15H2,1-2H3,(H,16,17). The fourth-order valence-corrected chi connectivity index (χ4v) is 1.89. The second-order valence-electron chi connectivity index (χ2n) is 4.31. The second-order valence-corrected chi connectivity index (χ2v) is 4.31. The van der Waals surface area contributed by atoms with Crippen LogP contribution in [0.25, 0.3) is 11.3 Å². The van der Waals surface area contributed by atoms with E-state index in [1.54, 1.807) is 7.11 Å². The summed E-state index contributed by atoms with van der Waals surface area (Å²) in [4.78, 5) is 7.62. The molecule has 1 heterocycles. The fraction of sp³-hybridized carbons (Fsp3) is 0.357. The molecule has 0 aliphatic rings. The molecule has 18 heavy (non-hydrogen) atoms. The molecule has 4 nitrogen and oxygen atoms in total. The van der Waals surface area contributed by atoms with Crippen LogP contribution in [0.1, 0.15) is 31.6 Å². The van der Waals surface area contributed by atoms with E-state index in [4.69, 9.17) is 10.5 Å². The van der Waals surface area contributed by atoms with Crippen LogP contribution in [-0.2, 0) is 0 Å². The number of hydrogen-bond donors (Lipinski definition) is 2. The smallest absolute Gasteiger partial charge is 0.123 e. The first-order valence-corrected chi connectivity index (χ1v) is 6.19. The van der Waals surface area contributed by atoms with Crippen molar-refractivity contribution in [1.82, 2.24) is 9.97 Å². The summed E-state index contributed by atoms with van der Waals surface area (Å²) in [7, 11) is 1.66. The van der Waals surface area contributed by atoms with Crippen molar-refractivity contribution < 1.29 is 4.74 Å². The van der Waals surface area contributed by atoms with Crippen LogP contribution >= 0.6 is 0 Å². The zero-order valence-electron chi connectivity index (χ0n) is 10.8. The zero-order chi connectivity index (χ0) is 13.0. The quantitative estimate of drug-likeness (QED) is 0.851. The van der Waals surface area contributed by atoms with Crippen LogP contribution < -0.4 is 10.5 Å². The largest absolute Gasteiger partial charge is 0.497 e. The van der Waals surface area contributed by atoms with Crippen LogP contribution in [-0.4, -0.2) is 17.1 Å². The highest BCUT2D eigenvalue weighted by molar-refractivity contribution is 5.59. The monoisotopic (exact) mass is 245 g/mol. The van der Waals surface area contributed by atoms with Gasteiger partial charge in [0.2, 0.25) is 0 Å². The summed E-state index contributed by atoms with van der Waals surface area (Å²) in [6.45, 7) is 2.12. The van der Waals surface area contributed by atoms with Crippen molar-refractivity contribution in [2.24, 2.45) is 5.73 Å². The van der Waals surface area contributed by atoms with Gasteiger partial charge in [-0.05, 0) is 36.2 Å². The third-order valence-electron chi connectivity index (χ3n) is 2.95. The number of nitrogens with one attached hydrogen (secondary N) is 1. The minimum absolute atomic E-state index is 0.0120. The normalized spacial score (nSPS) is 12.4. The number of H-pyrrole nitrogens is 1. The fourth-order valence-electron chi connectivity index (χ4n) is 1.89. The molecule has 1 atom stereocenters. The number of hydrogen-bond acceptors (Lipinski definition) is 3. The van der Waals surface area contributed by atoms with E-state index in [2.05, 4.69) is 16.9 Å². The van der Waals surface area contributed by atoms with Crippen LogP contribution in [0.15, 0.2) is 30.5 Å². The van der Waals surface area contributed by atoms with Gasteiger partial charge in [-0.2, -0.15) is 0 Å². The second kappa shape index (κ2) is 5.69. The molecule has 0 aliphatic carbocycles. The Morgan fingerprint density at radius 2 is 2.06 bits per heavy atom.